The average Bonchev–Trinajstić information content (AvgIpc) is 2.49. The fourth-order valence-corrected chi connectivity index (χ4v) is 1.96. The smallest absolute Gasteiger partial charge is 0.342 e. The molecule has 0 fully saturated rings. The molecule has 2 N–H and O–H groups in total. The van der Waals surface area contributed by atoms with Gasteiger partial charge in [0.15, 0.2) is 0 Å². The Bertz CT molecular complexity index is 638. The van der Waals surface area contributed by atoms with Crippen molar-refractivity contribution in [2.75, 3.05) is 12.3 Å². The molecule has 4 nitrogen and oxygen atoms in total. The van der Waals surface area contributed by atoms with Crippen molar-refractivity contribution in [2.45, 2.75) is 20.3 Å². The van der Waals surface area contributed by atoms with Crippen molar-refractivity contribution < 1.29 is 14.3 Å². The third kappa shape index (κ3) is 3.75. The molecule has 0 radical (unpaired) electrons. The van der Waals surface area contributed by atoms with E-state index >= 15 is 0 Å². The molecule has 0 unspecified atom stereocenters. The van der Waals surface area contributed by atoms with E-state index in [1.54, 1.807) is 25.1 Å². The Morgan fingerprint density at radius 1 is 1.14 bits per heavy atom. The second kappa shape index (κ2) is 6.79. The summed E-state index contributed by atoms with van der Waals surface area (Å²) in [5.41, 5.74) is 7.73. The van der Waals surface area contributed by atoms with Crippen molar-refractivity contribution in [3.8, 4) is 11.5 Å². The summed E-state index contributed by atoms with van der Waals surface area (Å²) in [6.45, 7) is 4.14. The van der Waals surface area contributed by atoms with Crippen LogP contribution in [0.3, 0.4) is 0 Å². The lowest BCUT2D eigenvalue weighted by atomic mass is 10.1. The number of anilines is 1. The van der Waals surface area contributed by atoms with Gasteiger partial charge in [0.2, 0.25) is 0 Å². The lowest BCUT2D eigenvalue weighted by Crippen LogP contribution is -2.07. The molecule has 0 saturated carbocycles. The summed E-state index contributed by atoms with van der Waals surface area (Å²) in [6.07, 6.45) is 0.920. The SMILES string of the molecule is CCOC(=O)c1cc(N)ccc1Oc1cccc(CC)c1. The first-order valence-electron chi connectivity index (χ1n) is 6.97. The predicted octanol–water partition coefficient (Wildman–Crippen LogP) is 3.80. The van der Waals surface area contributed by atoms with Gasteiger partial charge in [-0.1, -0.05) is 19.1 Å². The molecule has 0 heterocycles. The van der Waals surface area contributed by atoms with E-state index < -0.39 is 5.97 Å². The van der Waals surface area contributed by atoms with Crippen LogP contribution in [0.2, 0.25) is 0 Å². The minimum Gasteiger partial charge on any atom is -0.462 e. The van der Waals surface area contributed by atoms with Gasteiger partial charge in [-0.3, -0.25) is 0 Å². The molecule has 2 rings (SSSR count). The van der Waals surface area contributed by atoms with E-state index in [0.717, 1.165) is 6.42 Å². The van der Waals surface area contributed by atoms with Crippen molar-refractivity contribution >= 4 is 11.7 Å². The first-order chi connectivity index (χ1) is 10.1. The first-order valence-corrected chi connectivity index (χ1v) is 6.97. The van der Waals surface area contributed by atoms with Gasteiger partial charge in [-0.25, -0.2) is 4.79 Å². The van der Waals surface area contributed by atoms with Crippen LogP contribution in [0.4, 0.5) is 5.69 Å². The Balaban J connectivity index is 2.32. The van der Waals surface area contributed by atoms with Crippen molar-refractivity contribution in [2.24, 2.45) is 0 Å². The van der Waals surface area contributed by atoms with Crippen LogP contribution >= 0.6 is 0 Å². The maximum absolute atomic E-state index is 12.0. The molecule has 0 atom stereocenters. The second-order valence-electron chi connectivity index (χ2n) is 4.58. The number of esters is 1. The number of carbonyl (C=O) groups is 1. The van der Waals surface area contributed by atoms with Crippen LogP contribution < -0.4 is 10.5 Å². The lowest BCUT2D eigenvalue weighted by molar-refractivity contribution is 0.0523. The number of carbonyl (C=O) groups excluding carboxylic acids is 1. The molecule has 0 aliphatic heterocycles. The summed E-state index contributed by atoms with van der Waals surface area (Å²) in [6, 6.07) is 12.7. The maximum Gasteiger partial charge on any atom is 0.342 e. The topological polar surface area (TPSA) is 61.5 Å². The highest BCUT2D eigenvalue weighted by atomic mass is 16.5. The van der Waals surface area contributed by atoms with Crippen molar-refractivity contribution in [1.82, 2.24) is 0 Å². The number of hydrogen-bond donors (Lipinski definition) is 1. The molecule has 0 amide bonds. The second-order valence-corrected chi connectivity index (χ2v) is 4.58. The Morgan fingerprint density at radius 2 is 1.95 bits per heavy atom. The number of benzene rings is 2. The summed E-state index contributed by atoms with van der Waals surface area (Å²) in [5.74, 6) is 0.687. The Hall–Kier alpha value is -2.49. The Morgan fingerprint density at radius 3 is 2.67 bits per heavy atom. The van der Waals surface area contributed by atoms with Crippen LogP contribution in [0.25, 0.3) is 0 Å². The third-order valence-electron chi connectivity index (χ3n) is 3.03. The molecule has 110 valence electrons. The van der Waals surface area contributed by atoms with Gasteiger partial charge < -0.3 is 15.2 Å². The summed E-state index contributed by atoms with van der Waals surface area (Å²) >= 11 is 0. The van der Waals surface area contributed by atoms with E-state index in [1.807, 2.05) is 24.3 Å². The van der Waals surface area contributed by atoms with Gasteiger partial charge in [0, 0.05) is 5.69 Å². The van der Waals surface area contributed by atoms with Crippen molar-refractivity contribution in [1.29, 1.82) is 0 Å². The summed E-state index contributed by atoms with van der Waals surface area (Å²) < 4.78 is 10.8. The highest BCUT2D eigenvalue weighted by molar-refractivity contribution is 5.93. The van der Waals surface area contributed by atoms with Crippen LogP contribution in [-0.4, -0.2) is 12.6 Å². The lowest BCUT2D eigenvalue weighted by Gasteiger charge is -2.12. The van der Waals surface area contributed by atoms with Gasteiger partial charge in [0.1, 0.15) is 17.1 Å². The fraction of sp³-hybridized carbons (Fsp3) is 0.235. The molecule has 2 aromatic carbocycles. The normalized spacial score (nSPS) is 10.2. The molecule has 21 heavy (non-hydrogen) atoms. The first kappa shape index (κ1) is 14.9. The molecular formula is C17H19NO3. The minimum atomic E-state index is -0.438. The van der Waals surface area contributed by atoms with E-state index in [4.69, 9.17) is 15.2 Å². The zero-order chi connectivity index (χ0) is 15.2. The van der Waals surface area contributed by atoms with E-state index in [0.29, 0.717) is 29.4 Å². The van der Waals surface area contributed by atoms with E-state index in [2.05, 4.69) is 6.92 Å². The zero-order valence-corrected chi connectivity index (χ0v) is 12.3. The number of hydrogen-bond acceptors (Lipinski definition) is 4. The minimum absolute atomic E-state index is 0.304. The fourth-order valence-electron chi connectivity index (χ4n) is 1.96. The largest absolute Gasteiger partial charge is 0.462 e. The molecule has 0 aromatic heterocycles. The van der Waals surface area contributed by atoms with Crippen LogP contribution in [0.1, 0.15) is 29.8 Å². The highest BCUT2D eigenvalue weighted by Gasteiger charge is 2.15. The maximum atomic E-state index is 12.0. The molecule has 2 aromatic rings. The van der Waals surface area contributed by atoms with Crippen molar-refractivity contribution in [3.05, 3.63) is 53.6 Å². The van der Waals surface area contributed by atoms with E-state index in [9.17, 15) is 4.79 Å². The quantitative estimate of drug-likeness (QED) is 0.670. The molecule has 0 aliphatic carbocycles. The summed E-state index contributed by atoms with van der Waals surface area (Å²) in [5, 5.41) is 0. The summed E-state index contributed by atoms with van der Waals surface area (Å²) in [7, 11) is 0. The van der Waals surface area contributed by atoms with Crippen LogP contribution in [0.15, 0.2) is 42.5 Å². The van der Waals surface area contributed by atoms with Crippen LogP contribution in [0.5, 0.6) is 11.5 Å². The summed E-state index contributed by atoms with van der Waals surface area (Å²) in [4.78, 5) is 12.0. The molecule has 0 bridgehead atoms. The van der Waals surface area contributed by atoms with Crippen molar-refractivity contribution in [3.63, 3.8) is 0 Å². The van der Waals surface area contributed by atoms with Gasteiger partial charge in [-0.15, -0.1) is 0 Å². The molecule has 4 heteroatoms. The standard InChI is InChI=1S/C17H19NO3/c1-3-12-6-5-7-14(10-12)21-16-9-8-13(18)11-15(16)17(19)20-4-2/h5-11H,3-4,18H2,1-2H3. The Kier molecular flexibility index (Phi) is 4.82. The van der Waals surface area contributed by atoms with Gasteiger partial charge in [0.05, 0.1) is 6.61 Å². The number of aryl methyl sites for hydroxylation is 1. The van der Waals surface area contributed by atoms with Gasteiger partial charge in [0.25, 0.3) is 0 Å². The van der Waals surface area contributed by atoms with Gasteiger partial charge in [-0.05, 0) is 49.2 Å². The van der Waals surface area contributed by atoms with Gasteiger partial charge >= 0.3 is 5.97 Å². The average molecular weight is 285 g/mol. The Labute approximate surface area is 124 Å². The van der Waals surface area contributed by atoms with Gasteiger partial charge in [-0.2, -0.15) is 0 Å². The molecule has 0 spiro atoms. The van der Waals surface area contributed by atoms with E-state index in [-0.39, 0.29) is 0 Å². The zero-order valence-electron chi connectivity index (χ0n) is 12.3. The molecule has 0 saturated heterocycles. The number of ether oxygens (including phenoxy) is 2. The molecular weight excluding hydrogens is 266 g/mol. The van der Waals surface area contributed by atoms with Crippen LogP contribution in [-0.2, 0) is 11.2 Å². The predicted molar refractivity (Wildman–Crippen MR) is 82.7 cm³/mol. The highest BCUT2D eigenvalue weighted by Crippen LogP contribution is 2.28. The number of rotatable bonds is 5. The monoisotopic (exact) mass is 285 g/mol. The molecule has 0 aliphatic rings. The van der Waals surface area contributed by atoms with E-state index in [1.165, 1.54) is 5.56 Å². The van der Waals surface area contributed by atoms with Crippen LogP contribution in [0, 0.1) is 0 Å². The number of nitrogen functional groups attached to an aromatic ring is 1. The third-order valence-corrected chi connectivity index (χ3v) is 3.03. The number of nitrogens with two attached hydrogens (primary N) is 1.